The highest BCUT2D eigenvalue weighted by molar-refractivity contribution is 6.04. The number of benzene rings is 1. The Balaban J connectivity index is 0.000000182. The minimum atomic E-state index is -0.728. The number of urea groups is 1. The minimum absolute atomic E-state index is 0.103. The molecule has 1 saturated heterocycles. The second kappa shape index (κ2) is 12.2. The van der Waals surface area contributed by atoms with E-state index >= 15 is 0 Å². The maximum Gasteiger partial charge on any atom is 0.322 e. The van der Waals surface area contributed by atoms with Gasteiger partial charge in [-0.2, -0.15) is 5.10 Å². The lowest BCUT2D eigenvalue weighted by molar-refractivity contribution is -0.120. The molecule has 6 rings (SSSR count). The van der Waals surface area contributed by atoms with Crippen molar-refractivity contribution in [2.75, 3.05) is 7.05 Å². The van der Waals surface area contributed by atoms with Gasteiger partial charge in [-0.05, 0) is 23.6 Å². The van der Waals surface area contributed by atoms with Gasteiger partial charge < -0.3 is 14.6 Å². The van der Waals surface area contributed by atoms with Gasteiger partial charge in [-0.3, -0.25) is 24.6 Å². The van der Waals surface area contributed by atoms with Gasteiger partial charge in [0, 0.05) is 56.7 Å². The highest BCUT2D eigenvalue weighted by atomic mass is 16.3. The SMILES string of the molecule is CC.CC.CN1Cc2ccc(-c3cnn(C)c3)cc2C1=O.O=C1NC(=O)C(c2cc3c(o2)CCC=N3)N1. The molecule has 37 heavy (non-hydrogen) atoms. The number of nitrogens with one attached hydrogen (secondary N) is 2. The smallest absolute Gasteiger partial charge is 0.322 e. The molecule has 3 aromatic rings. The van der Waals surface area contributed by atoms with Crippen LogP contribution in [0.5, 0.6) is 0 Å². The monoisotopic (exact) mass is 506 g/mol. The number of amides is 4. The first-order valence-corrected chi connectivity index (χ1v) is 12.5. The van der Waals surface area contributed by atoms with E-state index in [2.05, 4.69) is 20.7 Å². The Morgan fingerprint density at radius 2 is 1.78 bits per heavy atom. The molecule has 2 N–H and O–H groups in total. The Labute approximate surface area is 216 Å². The number of aromatic nitrogens is 2. The third-order valence-corrected chi connectivity index (χ3v) is 5.73. The number of aryl methyl sites for hydroxylation is 2. The molecule has 1 atom stereocenters. The quantitative estimate of drug-likeness (QED) is 0.495. The number of hydrogen-bond donors (Lipinski definition) is 2. The third-order valence-electron chi connectivity index (χ3n) is 5.73. The summed E-state index contributed by atoms with van der Waals surface area (Å²) >= 11 is 0. The van der Waals surface area contributed by atoms with Crippen molar-refractivity contribution in [3.63, 3.8) is 0 Å². The molecular formula is C27H34N6O4. The number of furan rings is 1. The van der Waals surface area contributed by atoms with Gasteiger partial charge in [-0.15, -0.1) is 0 Å². The molecule has 10 nitrogen and oxygen atoms in total. The zero-order valence-electron chi connectivity index (χ0n) is 22.2. The molecule has 196 valence electrons. The molecule has 0 spiro atoms. The van der Waals surface area contributed by atoms with Crippen molar-refractivity contribution in [3.8, 4) is 11.1 Å². The highest BCUT2D eigenvalue weighted by Crippen LogP contribution is 2.31. The maximum atomic E-state index is 11.9. The van der Waals surface area contributed by atoms with Crippen LogP contribution in [0.1, 0.15) is 67.6 Å². The van der Waals surface area contributed by atoms with E-state index < -0.39 is 12.1 Å². The van der Waals surface area contributed by atoms with E-state index in [9.17, 15) is 14.4 Å². The summed E-state index contributed by atoms with van der Waals surface area (Å²) in [5.41, 5.74) is 4.74. The van der Waals surface area contributed by atoms with Crippen LogP contribution in [-0.4, -0.2) is 45.8 Å². The average molecular weight is 507 g/mol. The first-order chi connectivity index (χ1) is 17.9. The fourth-order valence-electron chi connectivity index (χ4n) is 4.04. The molecule has 0 saturated carbocycles. The van der Waals surface area contributed by atoms with E-state index in [0.717, 1.165) is 46.5 Å². The van der Waals surface area contributed by atoms with Crippen LogP contribution in [0.3, 0.4) is 0 Å². The van der Waals surface area contributed by atoms with Gasteiger partial charge in [0.25, 0.3) is 11.8 Å². The van der Waals surface area contributed by atoms with Crippen LogP contribution in [0.15, 0.2) is 46.1 Å². The van der Waals surface area contributed by atoms with Gasteiger partial charge in [0.15, 0.2) is 6.04 Å². The van der Waals surface area contributed by atoms with E-state index in [0.29, 0.717) is 12.3 Å². The summed E-state index contributed by atoms with van der Waals surface area (Å²) in [4.78, 5) is 40.2. The molecule has 5 heterocycles. The molecular weight excluding hydrogens is 472 g/mol. The zero-order valence-corrected chi connectivity index (χ0v) is 22.2. The fourth-order valence-corrected chi connectivity index (χ4v) is 4.04. The summed E-state index contributed by atoms with van der Waals surface area (Å²) < 4.78 is 7.28. The number of imide groups is 1. The van der Waals surface area contributed by atoms with Gasteiger partial charge in [0.1, 0.15) is 17.2 Å². The molecule has 3 aliphatic heterocycles. The Kier molecular flexibility index (Phi) is 9.00. The summed E-state index contributed by atoms with van der Waals surface area (Å²) in [6, 6.07) is 6.50. The molecule has 0 aliphatic carbocycles. The molecule has 3 aliphatic rings. The van der Waals surface area contributed by atoms with E-state index in [1.807, 2.05) is 78.6 Å². The Morgan fingerprint density at radius 3 is 2.41 bits per heavy atom. The Morgan fingerprint density at radius 1 is 1.03 bits per heavy atom. The number of fused-ring (bicyclic) bond motifs is 2. The van der Waals surface area contributed by atoms with Crippen LogP contribution in [-0.2, 0) is 24.8 Å². The van der Waals surface area contributed by atoms with Gasteiger partial charge in [0.2, 0.25) is 0 Å². The van der Waals surface area contributed by atoms with Crippen LogP contribution in [0, 0.1) is 0 Å². The average Bonchev–Trinajstić information content (AvgIpc) is 3.68. The summed E-state index contributed by atoms with van der Waals surface area (Å²) in [5, 5.41) is 8.78. The number of rotatable bonds is 2. The van der Waals surface area contributed by atoms with E-state index in [1.54, 1.807) is 15.6 Å². The van der Waals surface area contributed by atoms with Gasteiger partial charge in [0.05, 0.1) is 6.20 Å². The number of nitrogens with zero attached hydrogens (tertiary/aromatic N) is 4. The number of aliphatic imine (C=N–C) groups is 1. The molecule has 10 heteroatoms. The first kappa shape index (κ1) is 27.4. The van der Waals surface area contributed by atoms with E-state index in [4.69, 9.17) is 4.42 Å². The second-order valence-electron chi connectivity index (χ2n) is 8.14. The van der Waals surface area contributed by atoms with Crippen LogP contribution < -0.4 is 10.6 Å². The van der Waals surface area contributed by atoms with Gasteiger partial charge >= 0.3 is 6.03 Å². The predicted molar refractivity (Wildman–Crippen MR) is 142 cm³/mol. The summed E-state index contributed by atoms with van der Waals surface area (Å²) in [7, 11) is 3.71. The highest BCUT2D eigenvalue weighted by Gasteiger charge is 2.34. The molecule has 1 fully saturated rings. The van der Waals surface area contributed by atoms with Crippen molar-refractivity contribution in [1.29, 1.82) is 0 Å². The topological polar surface area (TPSA) is 122 Å². The number of carbonyl (C=O) groups is 3. The van der Waals surface area contributed by atoms with Crippen LogP contribution in [0.2, 0.25) is 0 Å². The van der Waals surface area contributed by atoms with Crippen molar-refractivity contribution in [2.45, 2.75) is 53.1 Å². The standard InChI is InChI=1S/C13H13N3O.C10H9N3O3.2C2H6/c1-15-7-10-4-3-9(5-12(10)13(15)17)11-6-14-16(2)8-11;14-9-8(12-10(15)13-9)7-4-5-6(16-7)2-1-3-11-5;2*1-2/h3-6,8H,7H2,1-2H3;3-4,8H,1-2H2,(H2,12,13,14,15);2*1-2H3. The molecule has 4 amide bonds. The largest absolute Gasteiger partial charge is 0.461 e. The van der Waals surface area contributed by atoms with Gasteiger partial charge in [-0.1, -0.05) is 39.8 Å². The number of hydrogen-bond acceptors (Lipinski definition) is 6. The predicted octanol–water partition coefficient (Wildman–Crippen LogP) is 4.53. The lowest BCUT2D eigenvalue weighted by Gasteiger charge is -2.04. The molecule has 2 aromatic heterocycles. The lowest BCUT2D eigenvalue weighted by Crippen LogP contribution is -2.22. The maximum absolute atomic E-state index is 11.9. The Bertz CT molecular complexity index is 1310. The van der Waals surface area contributed by atoms with Crippen molar-refractivity contribution in [2.24, 2.45) is 12.0 Å². The lowest BCUT2D eigenvalue weighted by atomic mass is 10.0. The van der Waals surface area contributed by atoms with Crippen LogP contribution >= 0.6 is 0 Å². The summed E-state index contributed by atoms with van der Waals surface area (Å²) in [5.74, 6) is 0.921. The molecule has 1 aromatic carbocycles. The summed E-state index contributed by atoms with van der Waals surface area (Å²) in [6.45, 7) is 8.71. The minimum Gasteiger partial charge on any atom is -0.461 e. The first-order valence-electron chi connectivity index (χ1n) is 12.5. The van der Waals surface area contributed by atoms with Crippen molar-refractivity contribution >= 4 is 29.7 Å². The molecule has 0 radical (unpaired) electrons. The second-order valence-corrected chi connectivity index (χ2v) is 8.14. The number of carbonyl (C=O) groups excluding carboxylic acids is 3. The van der Waals surface area contributed by atoms with Gasteiger partial charge in [-0.25, -0.2) is 4.79 Å². The van der Waals surface area contributed by atoms with Crippen molar-refractivity contribution < 1.29 is 18.8 Å². The van der Waals surface area contributed by atoms with Crippen molar-refractivity contribution in [3.05, 3.63) is 59.3 Å². The molecule has 0 bridgehead atoms. The van der Waals surface area contributed by atoms with E-state index in [1.165, 1.54) is 0 Å². The normalized spacial score (nSPS) is 16.8. The van der Waals surface area contributed by atoms with Crippen molar-refractivity contribution in [1.82, 2.24) is 25.3 Å². The fraction of sp³-hybridized carbons (Fsp3) is 0.370. The van der Waals surface area contributed by atoms with E-state index in [-0.39, 0.29) is 11.8 Å². The van der Waals surface area contributed by atoms with Crippen LogP contribution in [0.4, 0.5) is 10.5 Å². The van der Waals surface area contributed by atoms with Crippen LogP contribution in [0.25, 0.3) is 11.1 Å². The molecule has 1 unspecified atom stereocenters. The zero-order chi connectivity index (χ0) is 27.1. The summed E-state index contributed by atoms with van der Waals surface area (Å²) in [6.07, 6.45) is 7.19. The third kappa shape index (κ3) is 5.96. The Hall–Kier alpha value is -4.21.